The van der Waals surface area contributed by atoms with Gasteiger partial charge in [-0.2, -0.15) is 0 Å². The molecule has 10 aromatic carbocycles. The van der Waals surface area contributed by atoms with Crippen LogP contribution in [-0.4, -0.2) is 0 Å². The third-order valence-electron chi connectivity index (χ3n) is 16.9. The van der Waals surface area contributed by atoms with Gasteiger partial charge < -0.3 is 0 Å². The first-order chi connectivity index (χ1) is 34.5. The van der Waals surface area contributed by atoms with Crippen molar-refractivity contribution in [2.45, 2.75) is 70.1 Å². The van der Waals surface area contributed by atoms with E-state index in [0.29, 0.717) is 0 Å². The molecule has 71 heavy (non-hydrogen) atoms. The monoisotopic (exact) mass is 910 g/mol. The van der Waals surface area contributed by atoms with Crippen LogP contribution in [0.4, 0.5) is 0 Å². The zero-order valence-electron chi connectivity index (χ0n) is 41.6. The summed E-state index contributed by atoms with van der Waals surface area (Å²) in [5.74, 6) is 0.129. The molecule has 1 unspecified atom stereocenters. The van der Waals surface area contributed by atoms with Gasteiger partial charge in [0.2, 0.25) is 0 Å². The lowest BCUT2D eigenvalue weighted by molar-refractivity contribution is 0.653. The molecular formula is C71H58. The molecule has 0 bridgehead atoms. The zero-order valence-corrected chi connectivity index (χ0v) is 41.6. The summed E-state index contributed by atoms with van der Waals surface area (Å²) in [5.41, 5.74) is 30.4. The molecule has 0 radical (unpaired) electrons. The maximum absolute atomic E-state index is 2.57. The van der Waals surface area contributed by atoms with E-state index in [9.17, 15) is 0 Å². The molecule has 0 aromatic heterocycles. The number of hydrogen-bond donors (Lipinski definition) is 0. The molecular weight excluding hydrogens is 853 g/mol. The van der Waals surface area contributed by atoms with E-state index in [0.717, 1.165) is 6.42 Å². The van der Waals surface area contributed by atoms with Gasteiger partial charge in [0, 0.05) is 22.2 Å². The Balaban J connectivity index is 0.922. The molecule has 3 aliphatic rings. The smallest absolute Gasteiger partial charge is 0.0165 e. The highest BCUT2D eigenvalue weighted by Crippen LogP contribution is 2.59. The molecule has 10 aromatic rings. The molecule has 0 amide bonds. The number of hydrogen-bond acceptors (Lipinski definition) is 0. The molecule has 0 heteroatoms. The van der Waals surface area contributed by atoms with Gasteiger partial charge in [-0.3, -0.25) is 0 Å². The van der Waals surface area contributed by atoms with Crippen molar-refractivity contribution in [3.8, 4) is 77.9 Å². The van der Waals surface area contributed by atoms with E-state index in [4.69, 9.17) is 0 Å². The van der Waals surface area contributed by atoms with E-state index in [-0.39, 0.29) is 22.2 Å². The number of fused-ring (bicyclic) bond motifs is 9. The van der Waals surface area contributed by atoms with Crippen LogP contribution in [0.1, 0.15) is 97.5 Å². The first-order valence-corrected chi connectivity index (χ1v) is 25.6. The van der Waals surface area contributed by atoms with Gasteiger partial charge in [-0.05, 0) is 165 Å². The van der Waals surface area contributed by atoms with Crippen LogP contribution in [0.2, 0.25) is 0 Å². The highest BCUT2D eigenvalue weighted by atomic mass is 14.5. The summed E-state index contributed by atoms with van der Waals surface area (Å²) in [7, 11) is 0. The quantitative estimate of drug-likeness (QED) is 0.142. The summed E-state index contributed by atoms with van der Waals surface area (Å²) in [5, 5.41) is 0. The van der Waals surface area contributed by atoms with Crippen molar-refractivity contribution < 1.29 is 0 Å². The molecule has 0 fully saturated rings. The maximum atomic E-state index is 2.57. The topological polar surface area (TPSA) is 0 Å². The summed E-state index contributed by atoms with van der Waals surface area (Å²) in [4.78, 5) is 0. The van der Waals surface area contributed by atoms with Crippen molar-refractivity contribution in [3.05, 3.63) is 275 Å². The van der Waals surface area contributed by atoms with Crippen LogP contribution in [-0.2, 0) is 22.7 Å². The number of rotatable bonds is 8. The summed E-state index contributed by atoms with van der Waals surface area (Å²) in [6.07, 6.45) is 0.890. The Morgan fingerprint density at radius 2 is 0.746 bits per heavy atom. The Labute approximate surface area is 420 Å². The van der Waals surface area contributed by atoms with Gasteiger partial charge in [-0.1, -0.05) is 236 Å². The van der Waals surface area contributed by atoms with Crippen LogP contribution in [0.3, 0.4) is 0 Å². The van der Waals surface area contributed by atoms with Crippen molar-refractivity contribution in [2.24, 2.45) is 0 Å². The van der Waals surface area contributed by atoms with Gasteiger partial charge in [-0.25, -0.2) is 0 Å². The average molecular weight is 911 g/mol. The lowest BCUT2D eigenvalue weighted by atomic mass is 9.77. The first kappa shape index (κ1) is 43.2. The third kappa shape index (κ3) is 6.79. The van der Waals surface area contributed by atoms with E-state index in [1.165, 1.54) is 128 Å². The Hall–Kier alpha value is -7.80. The van der Waals surface area contributed by atoms with Crippen LogP contribution in [0.15, 0.2) is 224 Å². The van der Waals surface area contributed by atoms with E-state index < -0.39 is 0 Å². The number of benzene rings is 10. The summed E-state index contributed by atoms with van der Waals surface area (Å²) in [6, 6.07) is 85.0. The van der Waals surface area contributed by atoms with Crippen molar-refractivity contribution in [1.29, 1.82) is 0 Å². The third-order valence-corrected chi connectivity index (χ3v) is 16.9. The van der Waals surface area contributed by atoms with Gasteiger partial charge >= 0.3 is 0 Å². The molecule has 0 nitrogen and oxygen atoms in total. The summed E-state index contributed by atoms with van der Waals surface area (Å²) in [6.45, 7) is 14.6. The minimum absolute atomic E-state index is 0.0875. The van der Waals surface area contributed by atoms with Crippen LogP contribution < -0.4 is 0 Å². The molecule has 0 N–H and O–H groups in total. The van der Waals surface area contributed by atoms with E-state index in [1.54, 1.807) is 0 Å². The fourth-order valence-electron chi connectivity index (χ4n) is 13.1. The predicted molar refractivity (Wildman–Crippen MR) is 299 cm³/mol. The zero-order chi connectivity index (χ0) is 48.2. The molecule has 0 saturated heterocycles. The Morgan fingerprint density at radius 3 is 1.45 bits per heavy atom. The maximum Gasteiger partial charge on any atom is 0.0165 e. The molecule has 0 heterocycles. The van der Waals surface area contributed by atoms with Crippen molar-refractivity contribution in [3.63, 3.8) is 0 Å². The second-order valence-corrected chi connectivity index (χ2v) is 22.0. The van der Waals surface area contributed by atoms with Crippen LogP contribution in [0, 0.1) is 0 Å². The van der Waals surface area contributed by atoms with Gasteiger partial charge in [0.05, 0.1) is 0 Å². The second kappa shape index (κ2) is 16.1. The van der Waals surface area contributed by atoms with Crippen molar-refractivity contribution >= 4 is 0 Å². The van der Waals surface area contributed by atoms with Crippen molar-refractivity contribution in [1.82, 2.24) is 0 Å². The van der Waals surface area contributed by atoms with Gasteiger partial charge in [-0.15, -0.1) is 0 Å². The Morgan fingerprint density at radius 1 is 0.282 bits per heavy atom. The summed E-state index contributed by atoms with van der Waals surface area (Å²) >= 11 is 0. The Bertz CT molecular complexity index is 3720. The highest BCUT2D eigenvalue weighted by Gasteiger charge is 2.43. The molecule has 13 rings (SSSR count). The fourth-order valence-corrected chi connectivity index (χ4v) is 13.1. The van der Waals surface area contributed by atoms with Crippen LogP contribution >= 0.6 is 0 Å². The van der Waals surface area contributed by atoms with Crippen LogP contribution in [0.25, 0.3) is 77.9 Å². The SMILES string of the molecule is CC1(C)c2ccccc2-c2ccc(C(Cc3ccc(-c4ccccc4)cc3)c3ccccc3-c3ccc4c(c3)C(C)(C)c3cc5c(cc3-4)C(C)(C)c3c(-c4ccccc4)cc(-c4ccccc4)cc3-5)cc21. The van der Waals surface area contributed by atoms with Crippen LogP contribution in [0.5, 0.6) is 0 Å². The Kier molecular flexibility index (Phi) is 9.82. The van der Waals surface area contributed by atoms with Crippen molar-refractivity contribution in [2.75, 3.05) is 0 Å². The molecule has 1 atom stereocenters. The first-order valence-electron chi connectivity index (χ1n) is 25.6. The van der Waals surface area contributed by atoms with Gasteiger partial charge in [0.25, 0.3) is 0 Å². The fraction of sp³-hybridized carbons (Fsp3) is 0.155. The normalized spacial score (nSPS) is 15.2. The molecule has 0 saturated carbocycles. The van der Waals surface area contributed by atoms with Gasteiger partial charge in [0.1, 0.15) is 0 Å². The standard InChI is InChI=1S/C71H58/c1-69(2)63-29-19-18-28-55(63)56-36-35-51(42-64(56)69)58(38-45-30-32-48(33-31-45)46-20-10-7-11-21-46)54-27-17-16-26-53(54)50-34-37-57-60-43-67-61(44-66(60)70(3,4)65(57)41-50)62-40-52(47-22-12-8-13-23-47)39-59(68(62)71(67,5)6)49-24-14-9-15-25-49/h7-37,39-44,58H,38H2,1-6H3. The summed E-state index contributed by atoms with van der Waals surface area (Å²) < 4.78 is 0. The lowest BCUT2D eigenvalue weighted by Crippen LogP contribution is -2.17. The minimum Gasteiger partial charge on any atom is -0.0622 e. The molecule has 342 valence electrons. The largest absolute Gasteiger partial charge is 0.0622 e. The minimum atomic E-state index is -0.211. The predicted octanol–water partition coefficient (Wildman–Crippen LogP) is 18.6. The lowest BCUT2D eigenvalue weighted by Gasteiger charge is -2.26. The second-order valence-electron chi connectivity index (χ2n) is 22.0. The van der Waals surface area contributed by atoms with E-state index in [1.807, 2.05) is 0 Å². The average Bonchev–Trinajstić information content (AvgIpc) is 3.89. The molecule has 0 spiro atoms. The molecule has 3 aliphatic carbocycles. The molecule has 0 aliphatic heterocycles. The highest BCUT2D eigenvalue weighted by molar-refractivity contribution is 5.96. The van der Waals surface area contributed by atoms with E-state index >= 15 is 0 Å². The van der Waals surface area contributed by atoms with Gasteiger partial charge in [0.15, 0.2) is 0 Å². The van der Waals surface area contributed by atoms with E-state index in [2.05, 4.69) is 266 Å².